The number of nitrogens with zero attached hydrogens (tertiary/aromatic N) is 2. The fourth-order valence-corrected chi connectivity index (χ4v) is 3.88. The van der Waals surface area contributed by atoms with Crippen LogP contribution >= 0.6 is 22.9 Å². The maximum atomic E-state index is 6.03. The first kappa shape index (κ1) is 17.8. The first-order chi connectivity index (χ1) is 13.1. The maximum absolute atomic E-state index is 6.03. The number of nitrogens with one attached hydrogen (secondary N) is 1. The van der Waals surface area contributed by atoms with Crippen molar-refractivity contribution in [2.24, 2.45) is 0 Å². The van der Waals surface area contributed by atoms with Gasteiger partial charge in [0.05, 0.1) is 11.5 Å². The summed E-state index contributed by atoms with van der Waals surface area (Å²) in [4.78, 5) is 9.83. The van der Waals surface area contributed by atoms with Crippen molar-refractivity contribution in [2.45, 2.75) is 20.0 Å². The first-order valence-corrected chi connectivity index (χ1v) is 9.88. The minimum Gasteiger partial charge on any atom is -0.491 e. The molecule has 0 bridgehead atoms. The molecule has 2 aromatic carbocycles. The predicted molar refractivity (Wildman–Crippen MR) is 113 cm³/mol. The Bertz CT molecular complexity index is 1060. The zero-order valence-electron chi connectivity index (χ0n) is 14.9. The van der Waals surface area contributed by atoms with Gasteiger partial charge in [0.15, 0.2) is 0 Å². The highest BCUT2D eigenvalue weighted by molar-refractivity contribution is 7.17. The zero-order valence-corrected chi connectivity index (χ0v) is 16.5. The summed E-state index contributed by atoms with van der Waals surface area (Å²) < 4.78 is 5.70. The molecule has 0 saturated carbocycles. The van der Waals surface area contributed by atoms with E-state index >= 15 is 0 Å². The van der Waals surface area contributed by atoms with Crippen LogP contribution in [-0.4, -0.2) is 16.1 Å². The lowest BCUT2D eigenvalue weighted by molar-refractivity contribution is 0.242. The van der Waals surface area contributed by atoms with Crippen LogP contribution in [0.4, 0.5) is 11.5 Å². The highest BCUT2D eigenvalue weighted by Crippen LogP contribution is 2.37. The molecule has 136 valence electrons. The molecule has 6 heteroatoms. The van der Waals surface area contributed by atoms with E-state index in [0.717, 1.165) is 43.6 Å². The molecule has 0 aliphatic rings. The molecule has 0 unspecified atom stereocenters. The number of hydrogen-bond donors (Lipinski definition) is 1. The van der Waals surface area contributed by atoms with Gasteiger partial charge in [-0.2, -0.15) is 0 Å². The van der Waals surface area contributed by atoms with Gasteiger partial charge in [0.25, 0.3) is 0 Å². The van der Waals surface area contributed by atoms with E-state index in [1.54, 1.807) is 17.7 Å². The summed E-state index contributed by atoms with van der Waals surface area (Å²) in [6, 6.07) is 15.7. The number of rotatable bonds is 5. The minimum absolute atomic E-state index is 0.151. The van der Waals surface area contributed by atoms with Gasteiger partial charge < -0.3 is 10.1 Å². The summed E-state index contributed by atoms with van der Waals surface area (Å²) in [5.41, 5.74) is 3.12. The quantitative estimate of drug-likeness (QED) is 0.416. The van der Waals surface area contributed by atoms with Crippen LogP contribution in [0.1, 0.15) is 13.8 Å². The summed E-state index contributed by atoms with van der Waals surface area (Å²) in [6.45, 7) is 4.03. The molecule has 0 saturated heterocycles. The topological polar surface area (TPSA) is 47.0 Å². The molecule has 2 aromatic heterocycles. The second-order valence-corrected chi connectivity index (χ2v) is 7.67. The van der Waals surface area contributed by atoms with Gasteiger partial charge in [0.1, 0.15) is 22.7 Å². The van der Waals surface area contributed by atoms with E-state index in [1.165, 1.54) is 0 Å². The Morgan fingerprint density at radius 2 is 1.74 bits per heavy atom. The Balaban J connectivity index is 1.69. The first-order valence-electron chi connectivity index (χ1n) is 8.62. The molecule has 0 aliphatic heterocycles. The maximum Gasteiger partial charge on any atom is 0.143 e. The van der Waals surface area contributed by atoms with Gasteiger partial charge >= 0.3 is 0 Å². The van der Waals surface area contributed by atoms with E-state index in [2.05, 4.69) is 20.7 Å². The molecule has 4 aromatic rings. The number of ether oxygens (including phenoxy) is 1. The highest BCUT2D eigenvalue weighted by atomic mass is 35.5. The molecule has 4 nitrogen and oxygen atoms in total. The van der Waals surface area contributed by atoms with Crippen LogP contribution in [-0.2, 0) is 0 Å². The SMILES string of the molecule is CC(C)Oc1ccc(Nc2ncnc3scc(-c4ccc(Cl)cc4)c23)cc1. The van der Waals surface area contributed by atoms with E-state index in [4.69, 9.17) is 16.3 Å². The Morgan fingerprint density at radius 3 is 2.44 bits per heavy atom. The smallest absolute Gasteiger partial charge is 0.143 e. The van der Waals surface area contributed by atoms with Gasteiger partial charge in [0.2, 0.25) is 0 Å². The molecule has 0 aliphatic carbocycles. The molecule has 0 fully saturated rings. The fourth-order valence-electron chi connectivity index (χ4n) is 2.84. The Morgan fingerprint density at radius 1 is 1.00 bits per heavy atom. The summed E-state index contributed by atoms with van der Waals surface area (Å²) in [6.07, 6.45) is 1.74. The third-order valence-electron chi connectivity index (χ3n) is 4.01. The van der Waals surface area contributed by atoms with E-state index < -0.39 is 0 Å². The van der Waals surface area contributed by atoms with Gasteiger partial charge in [-0.3, -0.25) is 0 Å². The summed E-state index contributed by atoms with van der Waals surface area (Å²) in [5.74, 6) is 1.63. The second kappa shape index (κ2) is 7.55. The monoisotopic (exact) mass is 395 g/mol. The van der Waals surface area contributed by atoms with E-state index in [9.17, 15) is 0 Å². The van der Waals surface area contributed by atoms with Gasteiger partial charge in [0, 0.05) is 21.7 Å². The molecule has 0 radical (unpaired) electrons. The van der Waals surface area contributed by atoms with Crippen molar-refractivity contribution in [1.29, 1.82) is 0 Å². The average molecular weight is 396 g/mol. The van der Waals surface area contributed by atoms with Gasteiger partial charge in [-0.25, -0.2) is 9.97 Å². The van der Waals surface area contributed by atoms with Crippen molar-refractivity contribution in [3.63, 3.8) is 0 Å². The van der Waals surface area contributed by atoms with Crippen molar-refractivity contribution in [2.75, 3.05) is 5.32 Å². The zero-order chi connectivity index (χ0) is 18.8. The van der Waals surface area contributed by atoms with E-state index in [0.29, 0.717) is 0 Å². The Hall–Kier alpha value is -2.63. The largest absolute Gasteiger partial charge is 0.491 e. The normalized spacial score (nSPS) is 11.1. The number of halogens is 1. The van der Waals surface area contributed by atoms with Crippen molar-refractivity contribution >= 4 is 44.7 Å². The van der Waals surface area contributed by atoms with Crippen molar-refractivity contribution < 1.29 is 4.74 Å². The van der Waals surface area contributed by atoms with Crippen LogP contribution in [0.25, 0.3) is 21.3 Å². The van der Waals surface area contributed by atoms with Crippen molar-refractivity contribution in [3.8, 4) is 16.9 Å². The van der Waals surface area contributed by atoms with Crippen LogP contribution < -0.4 is 10.1 Å². The molecule has 0 atom stereocenters. The average Bonchev–Trinajstić information content (AvgIpc) is 3.09. The van der Waals surface area contributed by atoms with E-state index in [1.807, 2.05) is 62.4 Å². The standard InChI is InChI=1S/C21H18ClN3OS/c1-13(2)26-17-9-7-16(8-10-17)25-20-19-18(11-27-21(19)24-12-23-20)14-3-5-15(22)6-4-14/h3-13H,1-2H3,(H,23,24,25). The number of thiophene rings is 1. The lowest BCUT2D eigenvalue weighted by Gasteiger charge is -2.11. The molecule has 2 heterocycles. The van der Waals surface area contributed by atoms with Crippen molar-refractivity contribution in [3.05, 3.63) is 65.3 Å². The molecule has 0 amide bonds. The molecule has 27 heavy (non-hydrogen) atoms. The number of benzene rings is 2. The number of aromatic nitrogens is 2. The number of anilines is 2. The predicted octanol–water partition coefficient (Wildman–Crippen LogP) is 6.54. The molecule has 1 N–H and O–H groups in total. The second-order valence-electron chi connectivity index (χ2n) is 6.37. The fraction of sp³-hybridized carbons (Fsp3) is 0.143. The number of hydrogen-bond acceptors (Lipinski definition) is 5. The summed E-state index contributed by atoms with van der Waals surface area (Å²) in [5, 5.41) is 7.24. The summed E-state index contributed by atoms with van der Waals surface area (Å²) >= 11 is 7.63. The number of fused-ring (bicyclic) bond motifs is 1. The molecule has 4 rings (SSSR count). The lowest BCUT2D eigenvalue weighted by Crippen LogP contribution is -2.05. The Labute approximate surface area is 166 Å². The van der Waals surface area contributed by atoms with Gasteiger partial charge in [-0.15, -0.1) is 11.3 Å². The van der Waals surface area contributed by atoms with E-state index in [-0.39, 0.29) is 6.10 Å². The van der Waals surface area contributed by atoms with Gasteiger partial charge in [-0.1, -0.05) is 23.7 Å². The van der Waals surface area contributed by atoms with Gasteiger partial charge in [-0.05, 0) is 55.8 Å². The third kappa shape index (κ3) is 3.89. The Kier molecular flexibility index (Phi) is 4.97. The minimum atomic E-state index is 0.151. The van der Waals surface area contributed by atoms with Crippen LogP contribution in [0.5, 0.6) is 5.75 Å². The van der Waals surface area contributed by atoms with Crippen LogP contribution in [0, 0.1) is 0 Å². The van der Waals surface area contributed by atoms with Crippen LogP contribution in [0.2, 0.25) is 5.02 Å². The lowest BCUT2D eigenvalue weighted by atomic mass is 10.1. The van der Waals surface area contributed by atoms with Crippen LogP contribution in [0.15, 0.2) is 60.2 Å². The van der Waals surface area contributed by atoms with Crippen molar-refractivity contribution in [1.82, 2.24) is 9.97 Å². The molecular weight excluding hydrogens is 378 g/mol. The molecular formula is C21H18ClN3OS. The third-order valence-corrected chi connectivity index (χ3v) is 5.15. The van der Waals surface area contributed by atoms with Crippen LogP contribution in [0.3, 0.4) is 0 Å². The summed E-state index contributed by atoms with van der Waals surface area (Å²) in [7, 11) is 0. The molecule has 0 spiro atoms. The highest BCUT2D eigenvalue weighted by Gasteiger charge is 2.13.